The molecule has 0 aromatic carbocycles. The van der Waals surface area contributed by atoms with Gasteiger partial charge in [0.05, 0.1) is 0 Å². The van der Waals surface area contributed by atoms with E-state index in [-0.39, 0.29) is 12.8 Å². The van der Waals surface area contributed by atoms with Gasteiger partial charge in [-0.2, -0.15) is 0 Å². The molecule has 0 atom stereocenters. The molecule has 0 aromatic rings. The summed E-state index contributed by atoms with van der Waals surface area (Å²) < 4.78 is 23.8. The molecule has 0 aliphatic heterocycles. The van der Waals surface area contributed by atoms with E-state index < -0.39 is 5.92 Å². The van der Waals surface area contributed by atoms with Crippen LogP contribution in [0.25, 0.3) is 0 Å². The van der Waals surface area contributed by atoms with Crippen molar-refractivity contribution in [2.45, 2.75) is 59.3 Å². The van der Waals surface area contributed by atoms with E-state index in [1.54, 1.807) is 0 Å². The highest BCUT2D eigenvalue weighted by Crippen LogP contribution is 2.20. The van der Waals surface area contributed by atoms with Crippen LogP contribution in [0.15, 0.2) is 0 Å². The van der Waals surface area contributed by atoms with Crippen LogP contribution in [0, 0.1) is 0 Å². The fraction of sp³-hybridized carbons (Fsp3) is 0.900. The van der Waals surface area contributed by atoms with Crippen molar-refractivity contribution >= 4 is 5.78 Å². The van der Waals surface area contributed by atoms with Gasteiger partial charge in [0.2, 0.25) is 5.92 Å². The number of halogens is 2. The van der Waals surface area contributed by atoms with Crippen LogP contribution in [0.5, 0.6) is 0 Å². The summed E-state index contributed by atoms with van der Waals surface area (Å²) in [5.41, 5.74) is 0. The molecule has 1 nitrogen and oxygen atoms in total. The van der Waals surface area contributed by atoms with Crippen LogP contribution in [-0.4, -0.2) is 11.7 Å². The molecule has 0 rings (SSSR count). The second-order valence-electron chi connectivity index (χ2n) is 2.81. The van der Waals surface area contributed by atoms with E-state index in [1.165, 1.54) is 13.8 Å². The first kappa shape index (κ1) is 15.0. The number of carbonyl (C=O) groups excluding carboxylic acids is 1. The average molecular weight is 194 g/mol. The molecule has 13 heavy (non-hydrogen) atoms. The normalized spacial score (nSPS) is 10.3. The Morgan fingerprint density at radius 2 is 1.31 bits per heavy atom. The zero-order valence-corrected chi connectivity index (χ0v) is 8.99. The number of carbonyl (C=O) groups is 1. The highest BCUT2D eigenvalue weighted by molar-refractivity contribution is 5.77. The first-order valence-corrected chi connectivity index (χ1v) is 4.82. The number of hydrogen-bond donors (Lipinski definition) is 0. The molecule has 0 amide bonds. The molecule has 0 heterocycles. The van der Waals surface area contributed by atoms with Crippen molar-refractivity contribution in [3.05, 3.63) is 0 Å². The van der Waals surface area contributed by atoms with Gasteiger partial charge in [0.1, 0.15) is 5.78 Å². The molecule has 0 unspecified atom stereocenters. The Labute approximate surface area is 79.5 Å². The molecule has 0 aliphatic rings. The highest BCUT2D eigenvalue weighted by Gasteiger charge is 2.21. The minimum Gasteiger partial charge on any atom is -0.300 e. The van der Waals surface area contributed by atoms with Crippen molar-refractivity contribution in [1.82, 2.24) is 0 Å². The lowest BCUT2D eigenvalue weighted by molar-refractivity contribution is -0.118. The van der Waals surface area contributed by atoms with Crippen LogP contribution in [0.3, 0.4) is 0 Å². The van der Waals surface area contributed by atoms with E-state index in [0.29, 0.717) is 18.6 Å². The van der Waals surface area contributed by atoms with Gasteiger partial charge in [0, 0.05) is 25.7 Å². The summed E-state index contributed by atoms with van der Waals surface area (Å²) in [6.07, 6.45) is 1.31. The van der Waals surface area contributed by atoms with Crippen molar-refractivity contribution in [2.75, 3.05) is 0 Å². The Morgan fingerprint density at radius 1 is 1.00 bits per heavy atom. The molecule has 0 saturated heterocycles. The second-order valence-corrected chi connectivity index (χ2v) is 2.81. The van der Waals surface area contributed by atoms with Crippen molar-refractivity contribution in [3.8, 4) is 0 Å². The molecule has 0 spiro atoms. The van der Waals surface area contributed by atoms with Gasteiger partial charge in [0.15, 0.2) is 0 Å². The molecular formula is C10H20F2O. The van der Waals surface area contributed by atoms with Gasteiger partial charge in [-0.25, -0.2) is 8.78 Å². The maximum atomic E-state index is 11.9. The monoisotopic (exact) mass is 194 g/mol. The Morgan fingerprint density at radius 3 is 1.31 bits per heavy atom. The molecule has 0 fully saturated rings. The zero-order chi connectivity index (χ0) is 10.9. The maximum Gasteiger partial charge on any atom is 0.247 e. The molecule has 0 saturated carbocycles. The topological polar surface area (TPSA) is 17.1 Å². The Hall–Kier alpha value is -0.470. The second kappa shape index (κ2) is 8.14. The van der Waals surface area contributed by atoms with Crippen LogP contribution in [0.4, 0.5) is 8.78 Å². The summed E-state index contributed by atoms with van der Waals surface area (Å²) in [4.78, 5) is 10.2. The fourth-order valence-electron chi connectivity index (χ4n) is 0.500. The molecular weight excluding hydrogens is 174 g/mol. The quantitative estimate of drug-likeness (QED) is 0.665. The van der Waals surface area contributed by atoms with E-state index in [4.69, 9.17) is 0 Å². The largest absolute Gasteiger partial charge is 0.300 e. The maximum absolute atomic E-state index is 11.9. The molecule has 80 valence electrons. The number of rotatable bonds is 4. The zero-order valence-electron chi connectivity index (χ0n) is 8.99. The Balaban J connectivity index is 0. The molecule has 3 heteroatoms. The van der Waals surface area contributed by atoms with Gasteiger partial charge in [-0.3, -0.25) is 4.79 Å². The summed E-state index contributed by atoms with van der Waals surface area (Å²) in [5, 5.41) is 0. The smallest absolute Gasteiger partial charge is 0.247 e. The van der Waals surface area contributed by atoms with Crippen LogP contribution in [-0.2, 0) is 4.79 Å². The van der Waals surface area contributed by atoms with Gasteiger partial charge in [-0.1, -0.05) is 27.7 Å². The van der Waals surface area contributed by atoms with E-state index >= 15 is 0 Å². The van der Waals surface area contributed by atoms with Gasteiger partial charge >= 0.3 is 0 Å². The summed E-state index contributed by atoms with van der Waals surface area (Å²) in [7, 11) is 0. The average Bonchev–Trinajstić information content (AvgIpc) is 2.17. The minimum absolute atomic E-state index is 0.0382. The van der Waals surface area contributed by atoms with Gasteiger partial charge < -0.3 is 0 Å². The van der Waals surface area contributed by atoms with Crippen LogP contribution < -0.4 is 0 Å². The number of alkyl halides is 2. The van der Waals surface area contributed by atoms with E-state index in [1.807, 2.05) is 13.8 Å². The Bertz CT molecular complexity index is 121. The number of hydrogen-bond acceptors (Lipinski definition) is 1. The first-order chi connectivity index (χ1) is 5.93. The molecule has 0 aromatic heterocycles. The van der Waals surface area contributed by atoms with E-state index in [0.717, 1.165) is 0 Å². The third-order valence-corrected chi connectivity index (χ3v) is 1.82. The van der Waals surface area contributed by atoms with Crippen molar-refractivity contribution in [3.63, 3.8) is 0 Å². The summed E-state index contributed by atoms with van der Waals surface area (Å²) in [6, 6.07) is 0. The lowest BCUT2D eigenvalue weighted by atomic mass is 10.2. The summed E-state index contributed by atoms with van der Waals surface area (Å²) in [5.74, 6) is -2.07. The first-order valence-electron chi connectivity index (χ1n) is 4.82. The van der Waals surface area contributed by atoms with Crippen LogP contribution in [0.1, 0.15) is 53.4 Å². The standard InChI is InChI=1S/C5H10F2.C5H10O/c1-3-5(6,7)4-2;1-3-5(6)4-2/h3-4H2,1-2H3;3-4H2,1-2H3. The van der Waals surface area contributed by atoms with Crippen molar-refractivity contribution in [1.29, 1.82) is 0 Å². The molecule has 0 N–H and O–H groups in total. The van der Waals surface area contributed by atoms with Gasteiger partial charge in [-0.15, -0.1) is 0 Å². The minimum atomic E-state index is -2.42. The predicted molar refractivity (Wildman–Crippen MR) is 51.1 cm³/mol. The van der Waals surface area contributed by atoms with Crippen LogP contribution >= 0.6 is 0 Å². The van der Waals surface area contributed by atoms with Gasteiger partial charge in [0.25, 0.3) is 0 Å². The SMILES string of the molecule is CCC(=O)CC.CCC(F)(F)CC. The summed E-state index contributed by atoms with van der Waals surface area (Å²) >= 11 is 0. The van der Waals surface area contributed by atoms with Crippen molar-refractivity contribution < 1.29 is 13.6 Å². The van der Waals surface area contributed by atoms with Crippen LogP contribution in [0.2, 0.25) is 0 Å². The lowest BCUT2D eigenvalue weighted by Gasteiger charge is -2.08. The van der Waals surface area contributed by atoms with Crippen molar-refractivity contribution in [2.24, 2.45) is 0 Å². The fourth-order valence-corrected chi connectivity index (χ4v) is 0.500. The molecule has 0 aliphatic carbocycles. The third-order valence-electron chi connectivity index (χ3n) is 1.82. The number of Topliss-reactive ketones (excluding diaryl/α,β-unsaturated/α-hetero) is 1. The predicted octanol–water partition coefficient (Wildman–Crippen LogP) is 3.82. The third kappa shape index (κ3) is 11.5. The lowest BCUT2D eigenvalue weighted by Crippen LogP contribution is -2.10. The summed E-state index contributed by atoms with van der Waals surface area (Å²) in [6.45, 7) is 6.74. The van der Waals surface area contributed by atoms with Gasteiger partial charge in [-0.05, 0) is 0 Å². The number of ketones is 1. The molecule has 0 radical (unpaired) electrons. The van der Waals surface area contributed by atoms with E-state index in [2.05, 4.69) is 0 Å². The highest BCUT2D eigenvalue weighted by atomic mass is 19.3. The van der Waals surface area contributed by atoms with E-state index in [9.17, 15) is 13.6 Å². The molecule has 0 bridgehead atoms. The Kier molecular flexibility index (Phi) is 9.41.